The first-order valence-corrected chi connectivity index (χ1v) is 8.25. The molecular formula is C16H24N2O3. The van der Waals surface area contributed by atoms with Crippen molar-refractivity contribution in [3.05, 3.63) is 11.7 Å². The lowest BCUT2D eigenvalue weighted by molar-refractivity contribution is -0.142. The van der Waals surface area contributed by atoms with E-state index in [0.717, 1.165) is 37.9 Å². The number of rotatable bonds is 4. The van der Waals surface area contributed by atoms with Crippen LogP contribution in [0, 0.1) is 11.8 Å². The molecule has 2 saturated carbocycles. The third kappa shape index (κ3) is 2.97. The van der Waals surface area contributed by atoms with E-state index >= 15 is 0 Å². The second-order valence-corrected chi connectivity index (χ2v) is 6.62. The fraction of sp³-hybridized carbons (Fsp3) is 0.812. The Kier molecular flexibility index (Phi) is 4.27. The highest BCUT2D eigenvalue weighted by Gasteiger charge is 2.42. The fourth-order valence-electron chi connectivity index (χ4n) is 3.95. The first kappa shape index (κ1) is 14.5. The summed E-state index contributed by atoms with van der Waals surface area (Å²) in [7, 11) is 0. The second-order valence-electron chi connectivity index (χ2n) is 6.62. The van der Waals surface area contributed by atoms with Gasteiger partial charge in [0.15, 0.2) is 5.82 Å². The van der Waals surface area contributed by atoms with E-state index in [9.17, 15) is 9.90 Å². The molecule has 3 unspecified atom stereocenters. The molecule has 116 valence electrons. The van der Waals surface area contributed by atoms with Crippen molar-refractivity contribution >= 4 is 5.97 Å². The molecule has 0 saturated heterocycles. The van der Waals surface area contributed by atoms with E-state index in [1.807, 2.05) is 0 Å². The first-order valence-electron chi connectivity index (χ1n) is 8.25. The molecule has 3 atom stereocenters. The fourth-order valence-corrected chi connectivity index (χ4v) is 3.95. The highest BCUT2D eigenvalue weighted by Crippen LogP contribution is 2.44. The minimum absolute atomic E-state index is 0.0997. The van der Waals surface area contributed by atoms with Gasteiger partial charge in [-0.2, -0.15) is 4.98 Å². The van der Waals surface area contributed by atoms with Gasteiger partial charge in [-0.15, -0.1) is 0 Å². The molecule has 5 heteroatoms. The van der Waals surface area contributed by atoms with Crippen LogP contribution in [0.2, 0.25) is 0 Å². The van der Waals surface area contributed by atoms with Crippen LogP contribution < -0.4 is 0 Å². The minimum Gasteiger partial charge on any atom is -0.481 e. The third-order valence-electron chi connectivity index (χ3n) is 5.30. The summed E-state index contributed by atoms with van der Waals surface area (Å²) in [4.78, 5) is 16.0. The molecule has 1 aromatic heterocycles. The van der Waals surface area contributed by atoms with Crippen molar-refractivity contribution in [3.8, 4) is 0 Å². The van der Waals surface area contributed by atoms with Crippen molar-refractivity contribution in [2.75, 3.05) is 0 Å². The molecule has 21 heavy (non-hydrogen) atoms. The van der Waals surface area contributed by atoms with Gasteiger partial charge in [-0.05, 0) is 31.6 Å². The van der Waals surface area contributed by atoms with Crippen molar-refractivity contribution in [1.29, 1.82) is 0 Å². The topological polar surface area (TPSA) is 76.2 Å². The summed E-state index contributed by atoms with van der Waals surface area (Å²) in [6.45, 7) is 2.12. The summed E-state index contributed by atoms with van der Waals surface area (Å²) < 4.78 is 5.45. The summed E-state index contributed by atoms with van der Waals surface area (Å²) in [6.07, 6.45) is 8.62. The Labute approximate surface area is 125 Å². The maximum absolute atomic E-state index is 11.5. The van der Waals surface area contributed by atoms with E-state index in [1.165, 1.54) is 19.3 Å². The highest BCUT2D eigenvalue weighted by molar-refractivity contribution is 5.71. The minimum atomic E-state index is -0.728. The molecule has 1 aromatic rings. The molecule has 2 fully saturated rings. The Bertz CT molecular complexity index is 493. The van der Waals surface area contributed by atoms with Gasteiger partial charge in [0.05, 0.1) is 11.8 Å². The lowest BCUT2D eigenvalue weighted by Crippen LogP contribution is -2.17. The van der Waals surface area contributed by atoms with Gasteiger partial charge in [0.2, 0.25) is 5.89 Å². The SMILES string of the molecule is CCC1CC(C(=O)O)C(c2nc(C3CCCCC3)no2)C1. The van der Waals surface area contributed by atoms with Gasteiger partial charge in [0.1, 0.15) is 0 Å². The maximum atomic E-state index is 11.5. The number of aliphatic carboxylic acids is 1. The van der Waals surface area contributed by atoms with E-state index < -0.39 is 5.97 Å². The van der Waals surface area contributed by atoms with Crippen molar-refractivity contribution < 1.29 is 14.4 Å². The van der Waals surface area contributed by atoms with Crippen molar-refractivity contribution in [2.24, 2.45) is 11.8 Å². The predicted octanol–water partition coefficient (Wildman–Crippen LogP) is 3.72. The van der Waals surface area contributed by atoms with Crippen LogP contribution in [0.3, 0.4) is 0 Å². The van der Waals surface area contributed by atoms with Crippen molar-refractivity contribution in [3.63, 3.8) is 0 Å². The molecule has 2 aliphatic carbocycles. The standard InChI is InChI=1S/C16H24N2O3/c1-2-10-8-12(13(9-10)16(19)20)15-17-14(18-21-15)11-6-4-3-5-7-11/h10-13H,2-9H2,1H3,(H,19,20). The average molecular weight is 292 g/mol. The molecule has 1 N–H and O–H groups in total. The zero-order valence-corrected chi connectivity index (χ0v) is 12.6. The predicted molar refractivity (Wildman–Crippen MR) is 77.0 cm³/mol. The Morgan fingerprint density at radius 3 is 2.71 bits per heavy atom. The monoisotopic (exact) mass is 292 g/mol. The zero-order valence-electron chi connectivity index (χ0n) is 12.6. The quantitative estimate of drug-likeness (QED) is 0.915. The zero-order chi connectivity index (χ0) is 14.8. The lowest BCUT2D eigenvalue weighted by Gasteiger charge is -2.17. The number of carboxylic acid groups (broad SMARTS) is 1. The van der Waals surface area contributed by atoms with E-state index in [1.54, 1.807) is 0 Å². The largest absolute Gasteiger partial charge is 0.481 e. The van der Waals surface area contributed by atoms with Crippen LogP contribution in [-0.4, -0.2) is 21.2 Å². The van der Waals surface area contributed by atoms with E-state index in [-0.39, 0.29) is 11.8 Å². The first-order chi connectivity index (χ1) is 10.2. The van der Waals surface area contributed by atoms with Gasteiger partial charge >= 0.3 is 5.97 Å². The molecule has 0 aromatic carbocycles. The van der Waals surface area contributed by atoms with Crippen LogP contribution in [0.5, 0.6) is 0 Å². The van der Waals surface area contributed by atoms with Crippen LogP contribution in [0.15, 0.2) is 4.52 Å². The molecule has 0 radical (unpaired) electrons. The highest BCUT2D eigenvalue weighted by atomic mass is 16.5. The van der Waals surface area contributed by atoms with Crippen LogP contribution in [0.25, 0.3) is 0 Å². The molecular weight excluding hydrogens is 268 g/mol. The normalized spacial score (nSPS) is 30.6. The van der Waals surface area contributed by atoms with Gasteiger partial charge in [-0.1, -0.05) is 37.8 Å². The van der Waals surface area contributed by atoms with Crippen molar-refractivity contribution in [1.82, 2.24) is 10.1 Å². The molecule has 0 amide bonds. The third-order valence-corrected chi connectivity index (χ3v) is 5.30. The molecule has 0 spiro atoms. The van der Waals surface area contributed by atoms with Gasteiger partial charge in [-0.3, -0.25) is 4.79 Å². The summed E-state index contributed by atoms with van der Waals surface area (Å²) in [5, 5.41) is 13.6. The number of carboxylic acids is 1. The molecule has 5 nitrogen and oxygen atoms in total. The van der Waals surface area contributed by atoms with Gasteiger partial charge < -0.3 is 9.63 Å². The number of aromatic nitrogens is 2. The average Bonchev–Trinajstić information content (AvgIpc) is 3.14. The molecule has 2 aliphatic rings. The number of hydrogen-bond acceptors (Lipinski definition) is 4. The molecule has 3 rings (SSSR count). The van der Waals surface area contributed by atoms with E-state index in [2.05, 4.69) is 17.1 Å². The van der Waals surface area contributed by atoms with Crippen LogP contribution in [0.4, 0.5) is 0 Å². The number of hydrogen-bond donors (Lipinski definition) is 1. The van der Waals surface area contributed by atoms with Gasteiger partial charge in [-0.25, -0.2) is 0 Å². The Balaban J connectivity index is 1.76. The summed E-state index contributed by atoms with van der Waals surface area (Å²) in [5.41, 5.74) is 0. The summed E-state index contributed by atoms with van der Waals surface area (Å²) in [6, 6.07) is 0. The van der Waals surface area contributed by atoms with E-state index in [4.69, 9.17) is 4.52 Å². The van der Waals surface area contributed by atoms with Gasteiger partial charge in [0, 0.05) is 5.92 Å². The Hall–Kier alpha value is -1.39. The van der Waals surface area contributed by atoms with Gasteiger partial charge in [0.25, 0.3) is 0 Å². The van der Waals surface area contributed by atoms with Crippen LogP contribution >= 0.6 is 0 Å². The molecule has 0 aliphatic heterocycles. The van der Waals surface area contributed by atoms with Crippen LogP contribution in [-0.2, 0) is 4.79 Å². The maximum Gasteiger partial charge on any atom is 0.307 e. The lowest BCUT2D eigenvalue weighted by atomic mass is 9.89. The Morgan fingerprint density at radius 1 is 1.29 bits per heavy atom. The smallest absolute Gasteiger partial charge is 0.307 e. The second kappa shape index (κ2) is 6.16. The molecule has 0 bridgehead atoms. The summed E-state index contributed by atoms with van der Waals surface area (Å²) >= 11 is 0. The van der Waals surface area contributed by atoms with Crippen LogP contribution in [0.1, 0.15) is 81.8 Å². The van der Waals surface area contributed by atoms with Crippen molar-refractivity contribution in [2.45, 2.75) is 70.1 Å². The summed E-state index contributed by atoms with van der Waals surface area (Å²) in [5.74, 6) is 1.03. The number of nitrogens with zero attached hydrogens (tertiary/aromatic N) is 2. The van der Waals surface area contributed by atoms with E-state index in [0.29, 0.717) is 17.7 Å². The molecule has 1 heterocycles. The Morgan fingerprint density at radius 2 is 2.05 bits per heavy atom. The number of carbonyl (C=O) groups is 1.